The van der Waals surface area contributed by atoms with Gasteiger partial charge in [0.15, 0.2) is 0 Å². The van der Waals surface area contributed by atoms with Crippen LogP contribution in [0.25, 0.3) is 11.1 Å². The summed E-state index contributed by atoms with van der Waals surface area (Å²) >= 11 is 0. The van der Waals surface area contributed by atoms with Crippen molar-refractivity contribution in [1.29, 1.82) is 0 Å². The average Bonchev–Trinajstić information content (AvgIpc) is 3.15. The van der Waals surface area contributed by atoms with Crippen LogP contribution in [0.4, 0.5) is 5.82 Å². The summed E-state index contributed by atoms with van der Waals surface area (Å²) in [7, 11) is 0. The van der Waals surface area contributed by atoms with E-state index in [-0.39, 0.29) is 11.9 Å². The molecule has 2 heterocycles. The first-order valence-corrected chi connectivity index (χ1v) is 7.24. The van der Waals surface area contributed by atoms with Gasteiger partial charge in [-0.15, -0.1) is 0 Å². The molecule has 0 saturated carbocycles. The molecule has 0 N–H and O–H groups in total. The Morgan fingerprint density at radius 3 is 2.43 bits per heavy atom. The van der Waals surface area contributed by atoms with Gasteiger partial charge in [0.1, 0.15) is 12.3 Å². The maximum Gasteiger partial charge on any atom is 0.415 e. The van der Waals surface area contributed by atoms with Gasteiger partial charge in [0.25, 0.3) is 0 Å². The zero-order valence-electron chi connectivity index (χ0n) is 12.1. The third kappa shape index (κ3) is 2.44. The Morgan fingerprint density at radius 2 is 1.78 bits per heavy atom. The van der Waals surface area contributed by atoms with Crippen LogP contribution in [0.2, 0.25) is 0 Å². The molecule has 3 aromatic rings. The molecule has 0 radical (unpaired) electrons. The fraction of sp³-hybridized carbons (Fsp3) is 0.118. The molecule has 1 aliphatic heterocycles. The van der Waals surface area contributed by atoms with Crippen LogP contribution in [0.1, 0.15) is 11.7 Å². The summed E-state index contributed by atoms with van der Waals surface area (Å²) < 4.78 is 7.39. The number of ether oxygens (including phenoxy) is 1. The van der Waals surface area contributed by atoms with Crippen LogP contribution in [0.3, 0.4) is 0 Å². The number of benzene rings is 2. The highest BCUT2D eigenvalue weighted by molar-refractivity contribution is 5.63. The zero-order valence-corrected chi connectivity index (χ0v) is 12.1. The molecule has 114 valence electrons. The van der Waals surface area contributed by atoms with Crippen LogP contribution >= 0.6 is 0 Å². The molecule has 0 bridgehead atoms. The number of rotatable bonds is 3. The second-order valence-corrected chi connectivity index (χ2v) is 5.39. The molecule has 4 rings (SSSR count). The molecule has 0 amide bonds. The summed E-state index contributed by atoms with van der Waals surface area (Å²) in [5.74, 6) is -0.183. The van der Waals surface area contributed by atoms with Crippen molar-refractivity contribution in [2.24, 2.45) is 0 Å². The third-order valence-electron chi connectivity index (χ3n) is 3.91. The molecule has 0 aliphatic carbocycles. The minimum Gasteiger partial charge on any atom is -0.436 e. The van der Waals surface area contributed by atoms with E-state index in [1.54, 1.807) is 4.57 Å². The van der Waals surface area contributed by atoms with Crippen molar-refractivity contribution in [3.8, 4) is 17.1 Å². The van der Waals surface area contributed by atoms with Gasteiger partial charge in [0.05, 0.1) is 6.54 Å². The average molecular weight is 307 g/mol. The van der Waals surface area contributed by atoms with E-state index in [4.69, 9.17) is 4.74 Å². The van der Waals surface area contributed by atoms with Gasteiger partial charge >= 0.3 is 11.8 Å². The molecule has 6 nitrogen and oxygen atoms in total. The molecular formula is C17H13N3O3. The first kappa shape index (κ1) is 13.5. The van der Waals surface area contributed by atoms with Crippen LogP contribution in [0.5, 0.6) is 6.01 Å². The molecular weight excluding hydrogens is 294 g/mol. The van der Waals surface area contributed by atoms with E-state index in [0.717, 1.165) is 16.7 Å². The fourth-order valence-electron chi connectivity index (χ4n) is 2.74. The quantitative estimate of drug-likeness (QED) is 0.547. The molecule has 6 heteroatoms. The van der Waals surface area contributed by atoms with E-state index < -0.39 is 4.92 Å². The molecule has 1 aliphatic rings. The van der Waals surface area contributed by atoms with E-state index in [1.807, 2.05) is 30.3 Å². The maximum absolute atomic E-state index is 10.7. The predicted molar refractivity (Wildman–Crippen MR) is 84.1 cm³/mol. The highest BCUT2D eigenvalue weighted by Gasteiger charge is 2.31. The van der Waals surface area contributed by atoms with Gasteiger partial charge < -0.3 is 14.9 Å². The number of imidazole rings is 1. The Morgan fingerprint density at radius 1 is 1.09 bits per heavy atom. The topological polar surface area (TPSA) is 70.2 Å². The van der Waals surface area contributed by atoms with Crippen LogP contribution in [0, 0.1) is 10.1 Å². The molecule has 0 saturated heterocycles. The van der Waals surface area contributed by atoms with E-state index >= 15 is 0 Å². The van der Waals surface area contributed by atoms with Crippen molar-refractivity contribution in [2.45, 2.75) is 12.6 Å². The maximum atomic E-state index is 10.7. The number of nitro groups is 1. The van der Waals surface area contributed by atoms with Crippen LogP contribution < -0.4 is 4.74 Å². The van der Waals surface area contributed by atoms with E-state index in [1.165, 1.54) is 6.20 Å². The van der Waals surface area contributed by atoms with Crippen molar-refractivity contribution in [3.05, 3.63) is 76.5 Å². The van der Waals surface area contributed by atoms with Gasteiger partial charge in [-0.2, -0.15) is 0 Å². The first-order valence-electron chi connectivity index (χ1n) is 7.24. The van der Waals surface area contributed by atoms with Crippen molar-refractivity contribution in [1.82, 2.24) is 9.55 Å². The highest BCUT2D eigenvalue weighted by Crippen LogP contribution is 2.33. The lowest BCUT2D eigenvalue weighted by molar-refractivity contribution is -0.389. The molecule has 0 spiro atoms. The smallest absolute Gasteiger partial charge is 0.415 e. The van der Waals surface area contributed by atoms with Crippen LogP contribution in [-0.2, 0) is 6.54 Å². The third-order valence-corrected chi connectivity index (χ3v) is 3.91. The Balaban J connectivity index is 1.54. The summed E-state index contributed by atoms with van der Waals surface area (Å²) in [6, 6.07) is 18.6. The predicted octanol–water partition coefficient (Wildman–Crippen LogP) is 3.59. The second kappa shape index (κ2) is 5.24. The Hall–Kier alpha value is -3.15. The summed E-state index contributed by atoms with van der Waals surface area (Å²) in [6.45, 7) is 0.529. The van der Waals surface area contributed by atoms with Gasteiger partial charge in [0, 0.05) is 4.98 Å². The highest BCUT2D eigenvalue weighted by atomic mass is 16.6. The molecule has 2 aromatic carbocycles. The van der Waals surface area contributed by atoms with E-state index in [2.05, 4.69) is 29.2 Å². The summed E-state index contributed by atoms with van der Waals surface area (Å²) in [4.78, 5) is 14.1. The molecule has 23 heavy (non-hydrogen) atoms. The monoisotopic (exact) mass is 307 g/mol. The molecule has 1 atom stereocenters. The minimum atomic E-state index is -0.516. The second-order valence-electron chi connectivity index (χ2n) is 5.39. The van der Waals surface area contributed by atoms with Gasteiger partial charge in [-0.1, -0.05) is 54.6 Å². The minimum absolute atomic E-state index is 0.164. The lowest BCUT2D eigenvalue weighted by Crippen LogP contribution is -2.05. The van der Waals surface area contributed by atoms with Crippen molar-refractivity contribution >= 4 is 5.82 Å². The normalized spacial score (nSPS) is 15.9. The first-order chi connectivity index (χ1) is 11.2. The largest absolute Gasteiger partial charge is 0.436 e. The lowest BCUT2D eigenvalue weighted by Gasteiger charge is -2.10. The zero-order chi connectivity index (χ0) is 15.8. The lowest BCUT2D eigenvalue weighted by atomic mass is 10.0. The number of hydrogen-bond donors (Lipinski definition) is 0. The van der Waals surface area contributed by atoms with Gasteiger partial charge in [-0.05, 0) is 21.6 Å². The standard InChI is InChI=1S/C17H13N3O3/c21-20(22)16-11-19-10-15(23-17(19)18-16)14-8-6-13(7-9-14)12-4-2-1-3-5-12/h1-9,11,15H,10H2. The van der Waals surface area contributed by atoms with Crippen LogP contribution in [0.15, 0.2) is 60.8 Å². The number of hydrogen-bond acceptors (Lipinski definition) is 4. The summed E-state index contributed by atoms with van der Waals surface area (Å²) in [5.41, 5.74) is 3.33. The van der Waals surface area contributed by atoms with Gasteiger partial charge in [-0.3, -0.25) is 4.57 Å². The SMILES string of the molecule is O=[N+]([O-])c1cn2c(n1)OC(c1ccc(-c3ccccc3)cc1)C2. The molecule has 0 fully saturated rings. The Bertz CT molecular complexity index is 833. The number of nitrogens with zero attached hydrogens (tertiary/aromatic N) is 3. The summed E-state index contributed by atoms with van der Waals surface area (Å²) in [5, 5.41) is 10.7. The van der Waals surface area contributed by atoms with Crippen molar-refractivity contribution < 1.29 is 9.66 Å². The number of fused-ring (bicyclic) bond motifs is 1. The summed E-state index contributed by atoms with van der Waals surface area (Å²) in [6.07, 6.45) is 1.25. The number of aromatic nitrogens is 2. The van der Waals surface area contributed by atoms with Crippen LogP contribution in [-0.4, -0.2) is 14.5 Å². The Labute approximate surface area is 132 Å². The van der Waals surface area contributed by atoms with E-state index in [9.17, 15) is 10.1 Å². The Kier molecular flexibility index (Phi) is 3.08. The van der Waals surface area contributed by atoms with Crippen molar-refractivity contribution in [2.75, 3.05) is 0 Å². The van der Waals surface area contributed by atoms with Crippen molar-refractivity contribution in [3.63, 3.8) is 0 Å². The van der Waals surface area contributed by atoms with Gasteiger partial charge in [-0.25, -0.2) is 0 Å². The molecule has 1 aromatic heterocycles. The fourth-order valence-corrected chi connectivity index (χ4v) is 2.74. The van der Waals surface area contributed by atoms with E-state index in [0.29, 0.717) is 12.6 Å². The molecule has 1 unspecified atom stereocenters. The van der Waals surface area contributed by atoms with Gasteiger partial charge in [0.2, 0.25) is 0 Å².